The average molecular weight is 275 g/mol. The Hall–Kier alpha value is -1.72. The lowest BCUT2D eigenvalue weighted by Crippen LogP contribution is -2.44. The van der Waals surface area contributed by atoms with Crippen molar-refractivity contribution >= 4 is 0 Å². The fraction of sp³-hybridized carbons (Fsp3) is 0.400. The molecule has 1 saturated heterocycles. The average Bonchev–Trinajstić information content (AvgIpc) is 2.95. The number of benzene rings is 1. The topological polar surface area (TPSA) is 41.3 Å². The van der Waals surface area contributed by atoms with E-state index in [1.54, 1.807) is 18.2 Å². The van der Waals surface area contributed by atoms with Crippen LogP contribution in [0.25, 0.3) is 11.3 Å². The van der Waals surface area contributed by atoms with Crippen molar-refractivity contribution in [3.05, 3.63) is 41.9 Å². The molecule has 1 aliphatic rings. The minimum absolute atomic E-state index is 0.269. The SMILES string of the molecule is Fc1ccccc1-c1cc(CCN2CCNCC2)on1. The quantitative estimate of drug-likeness (QED) is 0.925. The Morgan fingerprint density at radius 2 is 2.05 bits per heavy atom. The van der Waals surface area contributed by atoms with Crippen LogP contribution in [0.15, 0.2) is 34.9 Å². The highest BCUT2D eigenvalue weighted by atomic mass is 19.1. The van der Waals surface area contributed by atoms with E-state index in [-0.39, 0.29) is 5.82 Å². The van der Waals surface area contributed by atoms with Gasteiger partial charge in [-0.1, -0.05) is 17.3 Å². The van der Waals surface area contributed by atoms with Gasteiger partial charge < -0.3 is 14.7 Å². The Labute approximate surface area is 117 Å². The molecule has 1 fully saturated rings. The molecule has 0 aliphatic carbocycles. The zero-order valence-corrected chi connectivity index (χ0v) is 11.3. The molecular weight excluding hydrogens is 257 g/mol. The Kier molecular flexibility index (Phi) is 4.08. The van der Waals surface area contributed by atoms with Crippen molar-refractivity contribution in [2.24, 2.45) is 0 Å². The van der Waals surface area contributed by atoms with E-state index in [1.165, 1.54) is 6.07 Å². The Morgan fingerprint density at radius 1 is 1.25 bits per heavy atom. The molecule has 2 aromatic rings. The third-order valence-corrected chi connectivity index (χ3v) is 3.59. The molecule has 3 rings (SSSR count). The molecule has 0 spiro atoms. The molecule has 20 heavy (non-hydrogen) atoms. The summed E-state index contributed by atoms with van der Waals surface area (Å²) in [5.74, 6) is 0.538. The first-order chi connectivity index (χ1) is 9.83. The zero-order valence-electron chi connectivity index (χ0n) is 11.3. The van der Waals surface area contributed by atoms with Crippen LogP contribution in [-0.2, 0) is 6.42 Å². The van der Waals surface area contributed by atoms with Gasteiger partial charge in [0, 0.05) is 50.8 Å². The first-order valence-corrected chi connectivity index (χ1v) is 6.96. The maximum absolute atomic E-state index is 13.7. The first-order valence-electron chi connectivity index (χ1n) is 6.96. The Morgan fingerprint density at radius 3 is 2.85 bits per heavy atom. The van der Waals surface area contributed by atoms with Crippen LogP contribution in [-0.4, -0.2) is 42.8 Å². The van der Waals surface area contributed by atoms with E-state index in [0.717, 1.165) is 44.9 Å². The molecule has 2 heterocycles. The van der Waals surface area contributed by atoms with E-state index in [1.807, 2.05) is 6.07 Å². The van der Waals surface area contributed by atoms with Crippen molar-refractivity contribution < 1.29 is 8.91 Å². The predicted molar refractivity (Wildman–Crippen MR) is 74.9 cm³/mol. The lowest BCUT2D eigenvalue weighted by Gasteiger charge is -2.26. The minimum atomic E-state index is -0.269. The smallest absolute Gasteiger partial charge is 0.138 e. The second-order valence-electron chi connectivity index (χ2n) is 5.00. The number of piperazine rings is 1. The van der Waals surface area contributed by atoms with Crippen LogP contribution in [0.4, 0.5) is 4.39 Å². The molecule has 0 radical (unpaired) electrons. The van der Waals surface area contributed by atoms with E-state index in [9.17, 15) is 4.39 Å². The number of aromatic nitrogens is 1. The van der Waals surface area contributed by atoms with Crippen LogP contribution in [0, 0.1) is 5.82 Å². The monoisotopic (exact) mass is 275 g/mol. The zero-order chi connectivity index (χ0) is 13.8. The summed E-state index contributed by atoms with van der Waals surface area (Å²) >= 11 is 0. The van der Waals surface area contributed by atoms with E-state index in [0.29, 0.717) is 11.3 Å². The Balaban J connectivity index is 1.63. The fourth-order valence-corrected chi connectivity index (χ4v) is 2.43. The predicted octanol–water partition coefficient (Wildman–Crippen LogP) is 1.93. The van der Waals surface area contributed by atoms with Crippen LogP contribution >= 0.6 is 0 Å². The molecule has 4 nitrogen and oxygen atoms in total. The van der Waals surface area contributed by atoms with Crippen molar-refractivity contribution in [1.29, 1.82) is 0 Å². The summed E-state index contributed by atoms with van der Waals surface area (Å²) in [4.78, 5) is 2.39. The van der Waals surface area contributed by atoms with Gasteiger partial charge in [0.05, 0.1) is 0 Å². The fourth-order valence-electron chi connectivity index (χ4n) is 2.43. The summed E-state index contributed by atoms with van der Waals surface area (Å²) in [5, 5.41) is 7.29. The van der Waals surface area contributed by atoms with Gasteiger partial charge in [-0.3, -0.25) is 0 Å². The molecule has 1 aromatic heterocycles. The lowest BCUT2D eigenvalue weighted by atomic mass is 10.1. The van der Waals surface area contributed by atoms with Gasteiger partial charge in [-0.2, -0.15) is 0 Å². The van der Waals surface area contributed by atoms with Crippen molar-refractivity contribution in [3.63, 3.8) is 0 Å². The number of hydrogen-bond donors (Lipinski definition) is 1. The number of nitrogens with zero attached hydrogens (tertiary/aromatic N) is 2. The van der Waals surface area contributed by atoms with Gasteiger partial charge in [0.15, 0.2) is 0 Å². The van der Waals surface area contributed by atoms with Crippen LogP contribution < -0.4 is 5.32 Å². The number of halogens is 1. The van der Waals surface area contributed by atoms with Crippen molar-refractivity contribution in [1.82, 2.24) is 15.4 Å². The largest absolute Gasteiger partial charge is 0.361 e. The second kappa shape index (κ2) is 6.15. The van der Waals surface area contributed by atoms with Gasteiger partial charge in [0.2, 0.25) is 0 Å². The summed E-state index contributed by atoms with van der Waals surface area (Å²) in [6.07, 6.45) is 0.807. The number of nitrogens with one attached hydrogen (secondary N) is 1. The van der Waals surface area contributed by atoms with Crippen LogP contribution in [0.3, 0.4) is 0 Å². The highest BCUT2D eigenvalue weighted by Crippen LogP contribution is 2.22. The first kappa shape index (κ1) is 13.3. The lowest BCUT2D eigenvalue weighted by molar-refractivity contribution is 0.235. The van der Waals surface area contributed by atoms with Gasteiger partial charge in [0.1, 0.15) is 17.3 Å². The summed E-state index contributed by atoms with van der Waals surface area (Å²) in [7, 11) is 0. The van der Waals surface area contributed by atoms with E-state index < -0.39 is 0 Å². The summed E-state index contributed by atoms with van der Waals surface area (Å²) in [6.45, 7) is 5.16. The van der Waals surface area contributed by atoms with Crippen molar-refractivity contribution in [2.45, 2.75) is 6.42 Å². The molecule has 0 atom stereocenters. The molecule has 1 N–H and O–H groups in total. The van der Waals surface area contributed by atoms with Gasteiger partial charge in [-0.15, -0.1) is 0 Å². The number of rotatable bonds is 4. The maximum Gasteiger partial charge on any atom is 0.138 e. The maximum atomic E-state index is 13.7. The standard InChI is InChI=1S/C15H18FN3O/c16-14-4-2-1-3-13(14)15-11-12(20-18-15)5-8-19-9-6-17-7-10-19/h1-4,11,17H,5-10H2. The van der Waals surface area contributed by atoms with Crippen LogP contribution in [0.1, 0.15) is 5.76 Å². The molecular formula is C15H18FN3O. The van der Waals surface area contributed by atoms with E-state index in [2.05, 4.69) is 15.4 Å². The van der Waals surface area contributed by atoms with E-state index >= 15 is 0 Å². The summed E-state index contributed by atoms with van der Waals surface area (Å²) < 4.78 is 19.0. The second-order valence-corrected chi connectivity index (χ2v) is 5.00. The van der Waals surface area contributed by atoms with Gasteiger partial charge in [0.25, 0.3) is 0 Å². The Bertz CT molecular complexity index is 564. The molecule has 106 valence electrons. The van der Waals surface area contributed by atoms with Crippen LogP contribution in [0.2, 0.25) is 0 Å². The minimum Gasteiger partial charge on any atom is -0.361 e. The third-order valence-electron chi connectivity index (χ3n) is 3.59. The van der Waals surface area contributed by atoms with Crippen molar-refractivity contribution in [3.8, 4) is 11.3 Å². The molecule has 0 bridgehead atoms. The van der Waals surface area contributed by atoms with Gasteiger partial charge in [-0.25, -0.2) is 4.39 Å². The molecule has 1 aromatic carbocycles. The van der Waals surface area contributed by atoms with Gasteiger partial charge >= 0.3 is 0 Å². The number of hydrogen-bond acceptors (Lipinski definition) is 4. The van der Waals surface area contributed by atoms with Crippen molar-refractivity contribution in [2.75, 3.05) is 32.7 Å². The summed E-state index contributed by atoms with van der Waals surface area (Å²) in [5.41, 5.74) is 1.06. The normalized spacial score (nSPS) is 16.4. The molecule has 0 amide bonds. The van der Waals surface area contributed by atoms with E-state index in [4.69, 9.17) is 4.52 Å². The highest BCUT2D eigenvalue weighted by molar-refractivity contribution is 5.59. The van der Waals surface area contributed by atoms with Gasteiger partial charge in [-0.05, 0) is 12.1 Å². The molecule has 5 heteroatoms. The molecule has 1 aliphatic heterocycles. The molecule has 0 unspecified atom stereocenters. The summed E-state index contributed by atoms with van der Waals surface area (Å²) in [6, 6.07) is 8.45. The third kappa shape index (κ3) is 3.05. The van der Waals surface area contributed by atoms with Crippen LogP contribution in [0.5, 0.6) is 0 Å². The molecule has 0 saturated carbocycles. The highest BCUT2D eigenvalue weighted by Gasteiger charge is 2.13.